The Morgan fingerprint density at radius 2 is 2.00 bits per heavy atom. The predicted octanol–water partition coefficient (Wildman–Crippen LogP) is 2.16. The number of nitro benzene ring substituents is 1. The summed E-state index contributed by atoms with van der Waals surface area (Å²) >= 11 is 6.22. The van der Waals surface area contributed by atoms with Crippen LogP contribution in [0.15, 0.2) is 42.5 Å². The van der Waals surface area contributed by atoms with Crippen molar-refractivity contribution in [2.75, 3.05) is 38.2 Å². The fraction of sp³-hybridized carbons (Fsp3) is 0.333. The van der Waals surface area contributed by atoms with Crippen LogP contribution in [0.1, 0.15) is 5.56 Å². The van der Waals surface area contributed by atoms with Gasteiger partial charge in [0.1, 0.15) is 12.3 Å². The third-order valence-corrected chi connectivity index (χ3v) is 4.94. The van der Waals surface area contributed by atoms with Crippen molar-refractivity contribution in [1.29, 1.82) is 0 Å². The zero-order valence-corrected chi connectivity index (χ0v) is 14.8. The van der Waals surface area contributed by atoms with Crippen LogP contribution < -0.4 is 14.5 Å². The highest BCUT2D eigenvalue weighted by Crippen LogP contribution is 2.22. The highest BCUT2D eigenvalue weighted by atomic mass is 35.5. The van der Waals surface area contributed by atoms with Crippen LogP contribution in [0.4, 0.5) is 11.4 Å². The van der Waals surface area contributed by atoms with Crippen LogP contribution in [0.25, 0.3) is 0 Å². The quantitative estimate of drug-likeness (QED) is 0.654. The Labute approximate surface area is 151 Å². The van der Waals surface area contributed by atoms with Gasteiger partial charge in [0.05, 0.1) is 38.2 Å². The minimum Gasteiger partial charge on any atom is -0.497 e. The van der Waals surface area contributed by atoms with E-state index >= 15 is 0 Å². The van der Waals surface area contributed by atoms with Gasteiger partial charge < -0.3 is 14.5 Å². The van der Waals surface area contributed by atoms with Crippen molar-refractivity contribution in [1.82, 2.24) is 0 Å². The molecule has 0 unspecified atom stereocenters. The third kappa shape index (κ3) is 4.21. The molecule has 0 amide bonds. The molecule has 0 aromatic heterocycles. The maximum atomic E-state index is 10.9. The number of hydrogen-bond acceptors (Lipinski definition) is 4. The Balaban J connectivity index is 1.63. The standard InChI is InChI=1S/C18H20ClN3O3/c1-25-17-4-2-3-15(12-17)21-9-7-20(8-10-21)13-14-11-16(22(23)24)5-6-18(14)19/h2-6,11-12H,7-10,13H2,1H3/p+1. The molecule has 0 atom stereocenters. The van der Waals surface area contributed by atoms with Crippen molar-refractivity contribution in [2.24, 2.45) is 0 Å². The summed E-state index contributed by atoms with van der Waals surface area (Å²) in [5.74, 6) is 0.857. The largest absolute Gasteiger partial charge is 0.497 e. The van der Waals surface area contributed by atoms with Crippen LogP contribution in [0.5, 0.6) is 5.75 Å². The van der Waals surface area contributed by atoms with Crippen LogP contribution in [0.3, 0.4) is 0 Å². The number of halogens is 1. The molecule has 1 aliphatic rings. The molecule has 25 heavy (non-hydrogen) atoms. The fourth-order valence-electron chi connectivity index (χ4n) is 3.14. The average molecular weight is 363 g/mol. The first kappa shape index (κ1) is 17.5. The molecule has 0 saturated carbocycles. The SMILES string of the molecule is COc1cccc(N2CC[NH+](Cc3cc([N+](=O)[O-])ccc3Cl)CC2)c1. The molecule has 7 heteroatoms. The fourth-order valence-corrected chi connectivity index (χ4v) is 3.33. The maximum absolute atomic E-state index is 10.9. The number of nitrogens with one attached hydrogen (secondary N) is 1. The van der Waals surface area contributed by atoms with E-state index in [0.717, 1.165) is 43.2 Å². The lowest BCUT2D eigenvalue weighted by Crippen LogP contribution is -3.13. The summed E-state index contributed by atoms with van der Waals surface area (Å²) in [6.07, 6.45) is 0. The first-order chi connectivity index (χ1) is 12.1. The second-order valence-corrected chi connectivity index (χ2v) is 6.56. The van der Waals surface area contributed by atoms with E-state index in [9.17, 15) is 10.1 Å². The van der Waals surface area contributed by atoms with Gasteiger partial charge >= 0.3 is 0 Å². The Bertz CT molecular complexity index is 761. The molecule has 6 nitrogen and oxygen atoms in total. The van der Waals surface area contributed by atoms with Crippen LogP contribution in [-0.4, -0.2) is 38.2 Å². The zero-order chi connectivity index (χ0) is 17.8. The first-order valence-electron chi connectivity index (χ1n) is 8.22. The van der Waals surface area contributed by atoms with E-state index in [1.54, 1.807) is 19.2 Å². The lowest BCUT2D eigenvalue weighted by molar-refractivity contribution is -0.914. The van der Waals surface area contributed by atoms with Gasteiger partial charge in [0, 0.05) is 34.5 Å². The van der Waals surface area contributed by atoms with E-state index in [-0.39, 0.29) is 10.6 Å². The number of hydrogen-bond donors (Lipinski definition) is 1. The van der Waals surface area contributed by atoms with E-state index in [1.807, 2.05) is 18.2 Å². The van der Waals surface area contributed by atoms with Gasteiger partial charge in [-0.15, -0.1) is 0 Å². The molecule has 3 rings (SSSR count). The molecule has 2 aromatic rings. The Hall–Kier alpha value is -2.31. The normalized spacial score (nSPS) is 15.2. The molecule has 0 aliphatic carbocycles. The summed E-state index contributed by atoms with van der Waals surface area (Å²) in [4.78, 5) is 14.3. The minimum atomic E-state index is -0.379. The van der Waals surface area contributed by atoms with Gasteiger partial charge in [-0.25, -0.2) is 0 Å². The summed E-state index contributed by atoms with van der Waals surface area (Å²) < 4.78 is 5.29. The molecular weight excluding hydrogens is 342 g/mol. The van der Waals surface area contributed by atoms with Gasteiger partial charge in [-0.1, -0.05) is 17.7 Å². The number of benzene rings is 2. The summed E-state index contributed by atoms with van der Waals surface area (Å²) in [5.41, 5.74) is 2.08. The molecule has 1 heterocycles. The highest BCUT2D eigenvalue weighted by molar-refractivity contribution is 6.31. The van der Waals surface area contributed by atoms with Gasteiger partial charge in [0.15, 0.2) is 0 Å². The lowest BCUT2D eigenvalue weighted by Gasteiger charge is -2.33. The molecule has 2 aromatic carbocycles. The second kappa shape index (κ2) is 7.72. The van der Waals surface area contributed by atoms with Crippen molar-refractivity contribution in [2.45, 2.75) is 6.54 Å². The van der Waals surface area contributed by atoms with Crippen molar-refractivity contribution in [3.05, 3.63) is 63.2 Å². The molecule has 1 saturated heterocycles. The predicted molar refractivity (Wildman–Crippen MR) is 97.7 cm³/mol. The number of non-ortho nitro benzene ring substituents is 1. The summed E-state index contributed by atoms with van der Waals surface area (Å²) in [6, 6.07) is 12.7. The number of rotatable bonds is 5. The molecule has 1 N–H and O–H groups in total. The monoisotopic (exact) mass is 362 g/mol. The maximum Gasteiger partial charge on any atom is 0.270 e. The van der Waals surface area contributed by atoms with E-state index in [4.69, 9.17) is 16.3 Å². The van der Waals surface area contributed by atoms with Gasteiger partial charge in [-0.05, 0) is 18.2 Å². The van der Waals surface area contributed by atoms with Crippen LogP contribution >= 0.6 is 11.6 Å². The van der Waals surface area contributed by atoms with Gasteiger partial charge in [-0.2, -0.15) is 0 Å². The minimum absolute atomic E-state index is 0.0915. The van der Waals surface area contributed by atoms with Crippen LogP contribution in [-0.2, 0) is 6.54 Å². The summed E-state index contributed by atoms with van der Waals surface area (Å²) in [6.45, 7) is 4.46. The number of nitro groups is 1. The van der Waals surface area contributed by atoms with Crippen molar-refractivity contribution < 1.29 is 14.6 Å². The number of methoxy groups -OCH3 is 1. The van der Waals surface area contributed by atoms with E-state index in [1.165, 1.54) is 11.0 Å². The second-order valence-electron chi connectivity index (χ2n) is 6.15. The first-order valence-corrected chi connectivity index (χ1v) is 8.60. The number of nitrogens with zero attached hydrogens (tertiary/aromatic N) is 2. The molecule has 0 radical (unpaired) electrons. The van der Waals surface area contributed by atoms with E-state index in [0.29, 0.717) is 11.6 Å². The highest BCUT2D eigenvalue weighted by Gasteiger charge is 2.22. The molecule has 0 bridgehead atoms. The van der Waals surface area contributed by atoms with Crippen molar-refractivity contribution in [3.8, 4) is 5.75 Å². The topological polar surface area (TPSA) is 60.0 Å². The van der Waals surface area contributed by atoms with Crippen LogP contribution in [0.2, 0.25) is 5.02 Å². The van der Waals surface area contributed by atoms with Crippen LogP contribution in [0, 0.1) is 10.1 Å². The number of piperazine rings is 1. The Kier molecular flexibility index (Phi) is 5.40. The van der Waals surface area contributed by atoms with E-state index < -0.39 is 0 Å². The van der Waals surface area contributed by atoms with Gasteiger partial charge in [0.2, 0.25) is 0 Å². The molecule has 1 fully saturated rings. The molecule has 132 valence electrons. The number of anilines is 1. The molecule has 0 spiro atoms. The average Bonchev–Trinajstić information content (AvgIpc) is 2.64. The molecule has 1 aliphatic heterocycles. The molecular formula is C18H21ClN3O3+. The summed E-state index contributed by atoms with van der Waals surface area (Å²) in [7, 11) is 1.67. The Morgan fingerprint density at radius 3 is 2.68 bits per heavy atom. The zero-order valence-electron chi connectivity index (χ0n) is 14.1. The van der Waals surface area contributed by atoms with Gasteiger partial charge in [0.25, 0.3) is 5.69 Å². The Morgan fingerprint density at radius 1 is 1.24 bits per heavy atom. The smallest absolute Gasteiger partial charge is 0.270 e. The van der Waals surface area contributed by atoms with Crippen molar-refractivity contribution in [3.63, 3.8) is 0 Å². The van der Waals surface area contributed by atoms with Gasteiger partial charge in [-0.3, -0.25) is 10.1 Å². The van der Waals surface area contributed by atoms with E-state index in [2.05, 4.69) is 11.0 Å². The third-order valence-electron chi connectivity index (χ3n) is 4.57. The summed E-state index contributed by atoms with van der Waals surface area (Å²) in [5, 5.41) is 11.5. The number of ether oxygens (including phenoxy) is 1. The van der Waals surface area contributed by atoms with Crippen molar-refractivity contribution >= 4 is 23.0 Å². The number of quaternary nitrogens is 1. The lowest BCUT2D eigenvalue weighted by atomic mass is 10.1.